The molecule has 8 nitrogen and oxygen atoms in total. The average molecular weight is 408 g/mol. The van der Waals surface area contributed by atoms with Gasteiger partial charge in [0.1, 0.15) is 12.4 Å². The standard InChI is InChI=1S/C22H24N4O4/c1-3-19(20(24-25-23)16-9-11-18(29-2)12-10-16)21(27)26-17(14-30-22(26)28)13-15-7-5-4-6-8-15/h4-12,17,19-20H,3,13-14H2,1-2H3/t17-,19+,20-/m0/s1. The lowest BCUT2D eigenvalue weighted by Crippen LogP contribution is -2.44. The van der Waals surface area contributed by atoms with E-state index in [1.807, 2.05) is 37.3 Å². The van der Waals surface area contributed by atoms with E-state index >= 15 is 0 Å². The molecule has 0 aromatic heterocycles. The predicted molar refractivity (Wildman–Crippen MR) is 111 cm³/mol. The summed E-state index contributed by atoms with van der Waals surface area (Å²) in [5.74, 6) is -0.434. The Bertz CT molecular complexity index is 926. The van der Waals surface area contributed by atoms with Crippen molar-refractivity contribution in [2.24, 2.45) is 11.0 Å². The molecule has 0 spiro atoms. The number of azide groups is 1. The lowest BCUT2D eigenvalue weighted by atomic mass is 9.89. The van der Waals surface area contributed by atoms with E-state index in [-0.39, 0.29) is 6.61 Å². The minimum atomic E-state index is -0.746. The molecule has 1 heterocycles. The fourth-order valence-corrected chi connectivity index (χ4v) is 3.71. The van der Waals surface area contributed by atoms with E-state index in [1.165, 1.54) is 4.90 Å². The molecule has 30 heavy (non-hydrogen) atoms. The van der Waals surface area contributed by atoms with E-state index in [1.54, 1.807) is 31.4 Å². The summed E-state index contributed by atoms with van der Waals surface area (Å²) >= 11 is 0. The molecule has 0 saturated carbocycles. The Morgan fingerprint density at radius 1 is 1.27 bits per heavy atom. The van der Waals surface area contributed by atoms with Gasteiger partial charge in [-0.2, -0.15) is 0 Å². The van der Waals surface area contributed by atoms with Crippen LogP contribution in [0.25, 0.3) is 10.4 Å². The van der Waals surface area contributed by atoms with Crippen molar-refractivity contribution in [3.63, 3.8) is 0 Å². The van der Waals surface area contributed by atoms with Gasteiger partial charge in [0, 0.05) is 4.91 Å². The van der Waals surface area contributed by atoms with Crippen LogP contribution in [-0.4, -0.2) is 36.7 Å². The first-order valence-corrected chi connectivity index (χ1v) is 9.81. The smallest absolute Gasteiger partial charge is 0.416 e. The number of rotatable bonds is 8. The largest absolute Gasteiger partial charge is 0.497 e. The van der Waals surface area contributed by atoms with Crippen LogP contribution in [0.1, 0.15) is 30.5 Å². The molecule has 1 aliphatic rings. The number of nitrogens with zero attached hydrogens (tertiary/aromatic N) is 4. The molecule has 2 aromatic carbocycles. The highest BCUT2D eigenvalue weighted by Gasteiger charge is 2.42. The molecule has 8 heteroatoms. The zero-order valence-corrected chi connectivity index (χ0v) is 17.0. The van der Waals surface area contributed by atoms with E-state index in [2.05, 4.69) is 10.0 Å². The van der Waals surface area contributed by atoms with Gasteiger partial charge in [0.2, 0.25) is 5.91 Å². The monoisotopic (exact) mass is 408 g/mol. The number of carbonyl (C=O) groups is 2. The molecule has 0 unspecified atom stereocenters. The van der Waals surface area contributed by atoms with Gasteiger partial charge in [-0.15, -0.1) is 0 Å². The number of carbonyl (C=O) groups excluding carboxylic acids is 2. The van der Waals surface area contributed by atoms with Gasteiger partial charge in [0.05, 0.1) is 25.1 Å². The van der Waals surface area contributed by atoms with Gasteiger partial charge in [-0.1, -0.05) is 54.5 Å². The molecule has 3 atom stereocenters. The molecular weight excluding hydrogens is 384 g/mol. The van der Waals surface area contributed by atoms with Crippen molar-refractivity contribution >= 4 is 12.0 Å². The summed E-state index contributed by atoms with van der Waals surface area (Å²) in [6, 6.07) is 15.5. The highest BCUT2D eigenvalue weighted by Crippen LogP contribution is 2.33. The Kier molecular flexibility index (Phi) is 6.93. The summed E-state index contributed by atoms with van der Waals surface area (Å²) in [7, 11) is 1.56. The molecule has 3 rings (SSSR count). The molecular formula is C22H24N4O4. The molecule has 0 radical (unpaired) electrons. The molecule has 1 aliphatic heterocycles. The van der Waals surface area contributed by atoms with Gasteiger partial charge in [0.25, 0.3) is 0 Å². The summed E-state index contributed by atoms with van der Waals surface area (Å²) in [5, 5.41) is 3.89. The van der Waals surface area contributed by atoms with Crippen LogP contribution in [0.4, 0.5) is 4.79 Å². The van der Waals surface area contributed by atoms with Gasteiger partial charge < -0.3 is 9.47 Å². The minimum Gasteiger partial charge on any atom is -0.497 e. The molecule has 0 bridgehead atoms. The zero-order valence-electron chi connectivity index (χ0n) is 17.0. The third-order valence-corrected chi connectivity index (χ3v) is 5.28. The van der Waals surface area contributed by atoms with Gasteiger partial charge >= 0.3 is 6.09 Å². The summed E-state index contributed by atoms with van der Waals surface area (Å²) in [4.78, 5) is 29.9. The third-order valence-electron chi connectivity index (χ3n) is 5.28. The number of benzene rings is 2. The van der Waals surface area contributed by atoms with Crippen LogP contribution in [-0.2, 0) is 16.0 Å². The van der Waals surface area contributed by atoms with E-state index in [4.69, 9.17) is 15.0 Å². The van der Waals surface area contributed by atoms with E-state index in [9.17, 15) is 9.59 Å². The first-order chi connectivity index (χ1) is 14.6. The van der Waals surface area contributed by atoms with Crippen molar-refractivity contribution in [1.82, 2.24) is 4.90 Å². The fraction of sp³-hybridized carbons (Fsp3) is 0.364. The van der Waals surface area contributed by atoms with Crippen molar-refractivity contribution in [3.05, 3.63) is 76.2 Å². The Labute approximate surface area is 175 Å². The Hall–Kier alpha value is -3.51. The van der Waals surface area contributed by atoms with Crippen molar-refractivity contribution in [3.8, 4) is 5.75 Å². The van der Waals surface area contributed by atoms with Crippen molar-refractivity contribution in [1.29, 1.82) is 0 Å². The Morgan fingerprint density at radius 3 is 2.57 bits per heavy atom. The van der Waals surface area contributed by atoms with Crippen LogP contribution >= 0.6 is 0 Å². The SMILES string of the molecule is CC[C@@H](C(=O)N1C(=O)OC[C@@H]1Cc1ccccc1)[C@@H](N=[N+]=[N-])c1ccc(OC)cc1. The average Bonchev–Trinajstić information content (AvgIpc) is 3.14. The number of hydrogen-bond acceptors (Lipinski definition) is 5. The van der Waals surface area contributed by atoms with Gasteiger partial charge in [0.15, 0.2) is 0 Å². The van der Waals surface area contributed by atoms with Gasteiger partial charge in [-0.3, -0.25) is 4.79 Å². The summed E-state index contributed by atoms with van der Waals surface area (Å²) in [5.41, 5.74) is 10.8. The second-order valence-electron chi connectivity index (χ2n) is 7.07. The lowest BCUT2D eigenvalue weighted by Gasteiger charge is -2.28. The van der Waals surface area contributed by atoms with E-state index in [0.717, 1.165) is 5.56 Å². The van der Waals surface area contributed by atoms with Gasteiger partial charge in [-0.25, -0.2) is 9.69 Å². The van der Waals surface area contributed by atoms with E-state index < -0.39 is 30.0 Å². The maximum Gasteiger partial charge on any atom is 0.416 e. The minimum absolute atomic E-state index is 0.143. The first-order valence-electron chi connectivity index (χ1n) is 9.81. The second-order valence-corrected chi connectivity index (χ2v) is 7.07. The second kappa shape index (κ2) is 9.80. The Morgan fingerprint density at radius 2 is 1.97 bits per heavy atom. The number of ether oxygens (including phenoxy) is 2. The quantitative estimate of drug-likeness (QED) is 0.360. The number of imide groups is 1. The molecule has 2 aromatic rings. The van der Waals surface area contributed by atoms with Crippen LogP contribution in [0.2, 0.25) is 0 Å². The number of hydrogen-bond donors (Lipinski definition) is 0. The van der Waals surface area contributed by atoms with Crippen LogP contribution in [0.3, 0.4) is 0 Å². The third kappa shape index (κ3) is 4.55. The highest BCUT2D eigenvalue weighted by atomic mass is 16.6. The molecule has 0 aliphatic carbocycles. The number of methoxy groups -OCH3 is 1. The van der Waals surface area contributed by atoms with Crippen molar-refractivity contribution in [2.45, 2.75) is 31.8 Å². The summed E-state index contributed by atoms with van der Waals surface area (Å²) in [6.45, 7) is 1.98. The van der Waals surface area contributed by atoms with Crippen LogP contribution in [0.15, 0.2) is 59.7 Å². The van der Waals surface area contributed by atoms with Crippen LogP contribution in [0.5, 0.6) is 5.75 Å². The van der Waals surface area contributed by atoms with Crippen LogP contribution < -0.4 is 4.74 Å². The summed E-state index contributed by atoms with van der Waals surface area (Å²) in [6.07, 6.45) is 0.244. The normalized spacial score (nSPS) is 17.6. The molecule has 0 N–H and O–H groups in total. The molecule has 1 fully saturated rings. The van der Waals surface area contributed by atoms with Crippen molar-refractivity contribution < 1.29 is 19.1 Å². The number of amides is 2. The summed E-state index contributed by atoms with van der Waals surface area (Å²) < 4.78 is 10.4. The maximum atomic E-state index is 13.4. The number of cyclic esters (lactones) is 1. The maximum absolute atomic E-state index is 13.4. The Balaban J connectivity index is 1.87. The molecule has 1 saturated heterocycles. The van der Waals surface area contributed by atoms with Crippen LogP contribution in [0, 0.1) is 5.92 Å². The predicted octanol–water partition coefficient (Wildman–Crippen LogP) is 4.66. The zero-order chi connectivity index (χ0) is 21.5. The van der Waals surface area contributed by atoms with Crippen molar-refractivity contribution in [2.75, 3.05) is 13.7 Å². The molecule has 156 valence electrons. The van der Waals surface area contributed by atoms with E-state index in [0.29, 0.717) is 24.2 Å². The van der Waals surface area contributed by atoms with Gasteiger partial charge in [-0.05, 0) is 41.6 Å². The topological polar surface area (TPSA) is 105 Å². The fourth-order valence-electron chi connectivity index (χ4n) is 3.71. The highest BCUT2D eigenvalue weighted by molar-refractivity contribution is 5.95. The first kappa shape index (κ1) is 21.2. The lowest BCUT2D eigenvalue weighted by molar-refractivity contribution is -0.134. The molecule has 2 amide bonds.